The Kier molecular flexibility index (Phi) is 6.47. The van der Waals surface area contributed by atoms with Gasteiger partial charge in [0.1, 0.15) is 11.5 Å². The summed E-state index contributed by atoms with van der Waals surface area (Å²) in [5, 5.41) is 20.2. The lowest BCUT2D eigenvalue weighted by molar-refractivity contribution is 0.0698. The molecule has 0 aliphatic carbocycles. The molecule has 0 saturated heterocycles. The monoisotopic (exact) mass is 585 g/mol. The minimum absolute atomic E-state index is 0.110. The number of carboxylic acid groups (broad SMARTS) is 1. The minimum atomic E-state index is -1.21. The summed E-state index contributed by atoms with van der Waals surface area (Å²) in [4.78, 5) is 34.0. The van der Waals surface area contributed by atoms with Crippen LogP contribution in [0, 0.1) is 13.8 Å². The van der Waals surface area contributed by atoms with Crippen molar-refractivity contribution in [3.63, 3.8) is 0 Å². The van der Waals surface area contributed by atoms with Crippen molar-refractivity contribution in [3.05, 3.63) is 118 Å². The molecule has 216 valence electrons. The zero-order valence-electron chi connectivity index (χ0n) is 23.5. The summed E-state index contributed by atoms with van der Waals surface area (Å²) in [5.74, 6) is 1.55. The molecule has 3 aromatic heterocycles. The first-order valence-electron chi connectivity index (χ1n) is 13.6. The number of pyridine rings is 1. The smallest absolute Gasteiger partial charge is 0.336 e. The average Bonchev–Trinajstić information content (AvgIpc) is 3.66. The van der Waals surface area contributed by atoms with Crippen LogP contribution in [0.2, 0.25) is 0 Å². The normalized spacial score (nSPS) is 11.3. The molecule has 0 radical (unpaired) electrons. The molecule has 0 spiro atoms. The Bertz CT molecular complexity index is 2280. The number of hydrogen-bond donors (Lipinski definition) is 1. The number of ether oxygens (including phenoxy) is 1. The number of aromatic carboxylic acids is 1. The van der Waals surface area contributed by atoms with Crippen LogP contribution in [0.1, 0.15) is 27.7 Å². The van der Waals surface area contributed by atoms with E-state index in [1.165, 1.54) is 0 Å². The largest absolute Gasteiger partial charge is 0.478 e. The fourth-order valence-corrected chi connectivity index (χ4v) is 5.15. The Hall–Kier alpha value is -6.10. The maximum atomic E-state index is 13.2. The van der Waals surface area contributed by atoms with E-state index in [1.807, 2.05) is 42.5 Å². The molecule has 3 heterocycles. The summed E-state index contributed by atoms with van der Waals surface area (Å²) >= 11 is 0. The second-order valence-electron chi connectivity index (χ2n) is 10.3. The Morgan fingerprint density at radius 2 is 1.50 bits per heavy atom. The van der Waals surface area contributed by atoms with Gasteiger partial charge < -0.3 is 23.5 Å². The van der Waals surface area contributed by atoms with Crippen LogP contribution >= 0.6 is 0 Å². The van der Waals surface area contributed by atoms with Crippen LogP contribution in [0.4, 0.5) is 0 Å². The van der Waals surface area contributed by atoms with Crippen LogP contribution in [0.3, 0.4) is 0 Å². The van der Waals surface area contributed by atoms with Crippen molar-refractivity contribution in [3.8, 4) is 34.3 Å². The molecule has 0 atom stereocenters. The van der Waals surface area contributed by atoms with E-state index in [9.17, 15) is 14.7 Å². The SMILES string of the molecule is Cc1nc(-c2cccc(Oc3ccc4c(c3)c(C(=O)O)cc(=O)n4Cc3ccc4ccc(-c5noc(C)n5)cc4c3)c2)no1. The Labute approximate surface area is 249 Å². The molecule has 0 bridgehead atoms. The molecule has 1 N–H and O–H groups in total. The Balaban J connectivity index is 1.25. The first kappa shape index (κ1) is 26.8. The number of fused-ring (bicyclic) bond motifs is 2. The van der Waals surface area contributed by atoms with Crippen LogP contribution in [0.15, 0.2) is 98.8 Å². The highest BCUT2D eigenvalue weighted by molar-refractivity contribution is 6.03. The lowest BCUT2D eigenvalue weighted by atomic mass is 10.0. The molecular formula is C33H23N5O6. The summed E-state index contributed by atoms with van der Waals surface area (Å²) < 4.78 is 17.8. The maximum Gasteiger partial charge on any atom is 0.336 e. The third-order valence-electron chi connectivity index (χ3n) is 7.20. The van der Waals surface area contributed by atoms with Gasteiger partial charge in [0.15, 0.2) is 0 Å². The molecule has 0 unspecified atom stereocenters. The number of carbonyl (C=O) groups is 1. The third-order valence-corrected chi connectivity index (χ3v) is 7.20. The van der Waals surface area contributed by atoms with Gasteiger partial charge in [0.2, 0.25) is 23.4 Å². The first-order chi connectivity index (χ1) is 21.3. The molecule has 7 rings (SSSR count). The number of carboxylic acids is 1. The summed E-state index contributed by atoms with van der Waals surface area (Å²) in [6.07, 6.45) is 0. The number of aromatic nitrogens is 5. The van der Waals surface area contributed by atoms with Crippen molar-refractivity contribution in [1.82, 2.24) is 24.8 Å². The van der Waals surface area contributed by atoms with Crippen LogP contribution in [0.5, 0.6) is 11.5 Å². The summed E-state index contributed by atoms with van der Waals surface area (Å²) in [7, 11) is 0. The van der Waals surface area contributed by atoms with Crippen molar-refractivity contribution in [2.75, 3.05) is 0 Å². The molecule has 11 nitrogen and oxygen atoms in total. The second kappa shape index (κ2) is 10.6. The predicted octanol–water partition coefficient (Wildman–Crippen LogP) is 6.41. The molecule has 7 aromatic rings. The molecular weight excluding hydrogens is 562 g/mol. The van der Waals surface area contributed by atoms with E-state index in [4.69, 9.17) is 13.8 Å². The van der Waals surface area contributed by atoms with Gasteiger partial charge >= 0.3 is 5.97 Å². The molecule has 11 heteroatoms. The van der Waals surface area contributed by atoms with Crippen molar-refractivity contribution < 1.29 is 23.7 Å². The minimum Gasteiger partial charge on any atom is -0.478 e. The number of rotatable bonds is 7. The fraction of sp³-hybridized carbons (Fsp3) is 0.0909. The van der Waals surface area contributed by atoms with Gasteiger partial charge in [-0.05, 0) is 58.8 Å². The summed E-state index contributed by atoms with van der Waals surface area (Å²) in [6, 6.07) is 25.1. The highest BCUT2D eigenvalue weighted by atomic mass is 16.5. The molecule has 0 amide bonds. The lowest BCUT2D eigenvalue weighted by Crippen LogP contribution is -2.22. The number of benzene rings is 4. The first-order valence-corrected chi connectivity index (χ1v) is 13.6. The predicted molar refractivity (Wildman–Crippen MR) is 161 cm³/mol. The molecule has 0 fully saturated rings. The van der Waals surface area contributed by atoms with Crippen LogP contribution < -0.4 is 10.3 Å². The van der Waals surface area contributed by atoms with Gasteiger partial charge in [-0.2, -0.15) is 9.97 Å². The molecule has 0 aliphatic heterocycles. The standard InChI is InChI=1S/C33H23N5O6/c1-18-34-31(36-43-18)22-4-3-5-25(14-22)42-26-10-11-29-27(15-26)28(33(40)41)16-30(39)38(29)17-20-6-7-21-8-9-23(13-24(21)12-20)32-35-19(2)44-37-32/h3-16H,17H2,1-2H3,(H,40,41). The highest BCUT2D eigenvalue weighted by Gasteiger charge is 2.16. The van der Waals surface area contributed by atoms with E-state index in [2.05, 4.69) is 20.3 Å². The van der Waals surface area contributed by atoms with E-state index in [1.54, 1.807) is 54.8 Å². The fourth-order valence-electron chi connectivity index (χ4n) is 5.15. The van der Waals surface area contributed by atoms with Gasteiger partial charge in [-0.25, -0.2) is 4.79 Å². The summed E-state index contributed by atoms with van der Waals surface area (Å²) in [5.41, 5.74) is 2.30. The van der Waals surface area contributed by atoms with E-state index in [-0.39, 0.29) is 12.1 Å². The van der Waals surface area contributed by atoms with Gasteiger partial charge in [-0.3, -0.25) is 4.79 Å². The van der Waals surface area contributed by atoms with Gasteiger partial charge in [0, 0.05) is 36.4 Å². The average molecular weight is 586 g/mol. The van der Waals surface area contributed by atoms with E-state index in [0.29, 0.717) is 51.4 Å². The molecule has 44 heavy (non-hydrogen) atoms. The molecule has 0 saturated carbocycles. The van der Waals surface area contributed by atoms with Crippen LogP contribution in [-0.4, -0.2) is 35.9 Å². The number of nitrogens with zero attached hydrogens (tertiary/aromatic N) is 5. The maximum absolute atomic E-state index is 13.2. The Morgan fingerprint density at radius 3 is 2.20 bits per heavy atom. The van der Waals surface area contributed by atoms with Gasteiger partial charge in [-0.15, -0.1) is 0 Å². The van der Waals surface area contributed by atoms with Crippen molar-refractivity contribution >= 4 is 27.6 Å². The zero-order chi connectivity index (χ0) is 30.4. The molecule has 0 aliphatic rings. The quantitative estimate of drug-likeness (QED) is 0.223. The van der Waals surface area contributed by atoms with Crippen molar-refractivity contribution in [2.24, 2.45) is 0 Å². The zero-order valence-corrected chi connectivity index (χ0v) is 23.5. The van der Waals surface area contributed by atoms with Gasteiger partial charge in [-0.1, -0.05) is 46.7 Å². The van der Waals surface area contributed by atoms with Crippen LogP contribution in [-0.2, 0) is 6.54 Å². The second-order valence-corrected chi connectivity index (χ2v) is 10.3. The van der Waals surface area contributed by atoms with Crippen LogP contribution in [0.25, 0.3) is 44.5 Å². The van der Waals surface area contributed by atoms with E-state index < -0.39 is 11.5 Å². The third kappa shape index (κ3) is 5.07. The molecule has 4 aromatic carbocycles. The highest BCUT2D eigenvalue weighted by Crippen LogP contribution is 2.30. The van der Waals surface area contributed by atoms with Gasteiger partial charge in [0.05, 0.1) is 17.6 Å². The van der Waals surface area contributed by atoms with Crippen molar-refractivity contribution in [2.45, 2.75) is 20.4 Å². The number of hydrogen-bond acceptors (Lipinski definition) is 9. The number of aryl methyl sites for hydroxylation is 2. The summed E-state index contributed by atoms with van der Waals surface area (Å²) in [6.45, 7) is 3.67. The van der Waals surface area contributed by atoms with Crippen molar-refractivity contribution in [1.29, 1.82) is 0 Å². The Morgan fingerprint density at radius 1 is 0.795 bits per heavy atom. The topological polar surface area (TPSA) is 146 Å². The van der Waals surface area contributed by atoms with E-state index >= 15 is 0 Å². The van der Waals surface area contributed by atoms with Gasteiger partial charge in [0.25, 0.3) is 5.56 Å². The van der Waals surface area contributed by atoms with E-state index in [0.717, 1.165) is 28.0 Å². The lowest BCUT2D eigenvalue weighted by Gasteiger charge is -2.14.